The molecular formula is C29H24ClF6N3O. The fraction of sp³-hybridized carbons (Fsp3) is 0.310. The van der Waals surface area contributed by atoms with E-state index in [1.807, 2.05) is 6.08 Å². The van der Waals surface area contributed by atoms with Gasteiger partial charge in [0, 0.05) is 36.0 Å². The highest BCUT2D eigenvalue weighted by Crippen LogP contribution is 2.49. The van der Waals surface area contributed by atoms with E-state index >= 15 is 0 Å². The lowest BCUT2D eigenvalue weighted by Gasteiger charge is -2.39. The van der Waals surface area contributed by atoms with Gasteiger partial charge in [0.05, 0.1) is 11.1 Å². The van der Waals surface area contributed by atoms with Crippen LogP contribution in [-0.4, -0.2) is 42.0 Å². The average Bonchev–Trinajstić information content (AvgIpc) is 3.22. The van der Waals surface area contributed by atoms with Crippen LogP contribution in [0.4, 0.5) is 32.0 Å². The summed E-state index contributed by atoms with van der Waals surface area (Å²) in [5.41, 5.74) is -0.205. The molecule has 2 aliphatic heterocycles. The maximum Gasteiger partial charge on any atom is 0.416 e. The number of hydrogen-bond donors (Lipinski definition) is 0. The van der Waals surface area contributed by atoms with E-state index in [1.165, 1.54) is 47.5 Å². The maximum atomic E-state index is 13.6. The summed E-state index contributed by atoms with van der Waals surface area (Å²) in [6, 6.07) is 11.4. The topological polar surface area (TPSA) is 36.4 Å². The zero-order chi connectivity index (χ0) is 28.7. The molecule has 1 amide bonds. The van der Waals surface area contributed by atoms with Crippen molar-refractivity contribution in [1.82, 2.24) is 9.88 Å². The van der Waals surface area contributed by atoms with Crippen molar-refractivity contribution in [2.24, 2.45) is 0 Å². The van der Waals surface area contributed by atoms with Gasteiger partial charge < -0.3 is 4.90 Å². The third kappa shape index (κ3) is 5.74. The van der Waals surface area contributed by atoms with Crippen molar-refractivity contribution in [2.75, 3.05) is 31.1 Å². The molecule has 1 spiro atoms. The number of carbonyl (C=O) groups is 1. The Labute approximate surface area is 231 Å². The number of likely N-dealkylation sites (tertiary alicyclic amines) is 1. The summed E-state index contributed by atoms with van der Waals surface area (Å²) in [7, 11) is 0. The van der Waals surface area contributed by atoms with Crippen LogP contribution < -0.4 is 4.90 Å². The highest BCUT2D eigenvalue weighted by Gasteiger charge is 2.47. The second-order valence-electron chi connectivity index (χ2n) is 10.1. The van der Waals surface area contributed by atoms with E-state index in [2.05, 4.69) is 9.88 Å². The number of carbonyl (C=O) groups excluding carboxylic acids is 1. The number of fused-ring (bicyclic) bond motifs is 2. The second kappa shape index (κ2) is 10.6. The van der Waals surface area contributed by atoms with Gasteiger partial charge in [0.25, 0.3) is 5.91 Å². The number of aromatic nitrogens is 1. The number of piperidine rings is 1. The number of pyridine rings is 1. The molecule has 0 radical (unpaired) electrons. The van der Waals surface area contributed by atoms with Gasteiger partial charge in [0.1, 0.15) is 5.15 Å². The summed E-state index contributed by atoms with van der Waals surface area (Å²) in [4.78, 5) is 21.0. The van der Waals surface area contributed by atoms with Crippen molar-refractivity contribution in [1.29, 1.82) is 0 Å². The molecule has 0 N–H and O–H groups in total. The van der Waals surface area contributed by atoms with Crippen LogP contribution in [0.5, 0.6) is 0 Å². The summed E-state index contributed by atoms with van der Waals surface area (Å²) in [5.74, 6) is -0.357. The van der Waals surface area contributed by atoms with Gasteiger partial charge >= 0.3 is 12.4 Å². The van der Waals surface area contributed by atoms with Crippen LogP contribution in [0.1, 0.15) is 45.5 Å². The van der Waals surface area contributed by atoms with Crippen molar-refractivity contribution >= 4 is 29.3 Å². The Morgan fingerprint density at radius 3 is 2.20 bits per heavy atom. The quantitative estimate of drug-likeness (QED) is 0.237. The summed E-state index contributed by atoms with van der Waals surface area (Å²) in [5, 5.41) is 0.144. The number of hydrogen-bond acceptors (Lipinski definition) is 3. The van der Waals surface area contributed by atoms with Gasteiger partial charge in [-0.25, -0.2) is 4.98 Å². The van der Waals surface area contributed by atoms with Crippen molar-refractivity contribution in [2.45, 2.75) is 30.6 Å². The Bertz CT molecular complexity index is 1430. The molecule has 2 aromatic carbocycles. The van der Waals surface area contributed by atoms with Crippen molar-refractivity contribution in [3.63, 3.8) is 0 Å². The minimum absolute atomic E-state index is 0.144. The standard InChI is InChI=1S/C29H24ClF6N3O/c30-25-16-20(9-12-37-25)26(40)39-18-27(23-17-22(29(34,35)36)7-8-24(23)39)10-14-38(15-11-27)13-1-2-19-3-5-21(6-4-19)28(31,32)33/h1-9,12,16-17H,10-11,13-15,18H2/b2-1+. The fourth-order valence-corrected chi connectivity index (χ4v) is 5.60. The number of amides is 1. The average molecular weight is 580 g/mol. The van der Waals surface area contributed by atoms with Gasteiger partial charge in [-0.1, -0.05) is 35.9 Å². The smallest absolute Gasteiger partial charge is 0.307 e. The normalized spacial score (nSPS) is 17.5. The Balaban J connectivity index is 1.33. The van der Waals surface area contributed by atoms with Gasteiger partial charge in [0.2, 0.25) is 0 Å². The minimum Gasteiger partial charge on any atom is -0.307 e. The maximum absolute atomic E-state index is 13.6. The van der Waals surface area contributed by atoms with E-state index in [4.69, 9.17) is 11.6 Å². The zero-order valence-corrected chi connectivity index (χ0v) is 21.8. The van der Waals surface area contributed by atoms with Crippen LogP contribution in [0.2, 0.25) is 5.15 Å². The molecule has 1 fully saturated rings. The van der Waals surface area contributed by atoms with Crippen LogP contribution in [0.25, 0.3) is 6.08 Å². The van der Waals surface area contributed by atoms with Gasteiger partial charge in [-0.15, -0.1) is 0 Å². The number of anilines is 1. The predicted octanol–water partition coefficient (Wildman–Crippen LogP) is 7.48. The first-order chi connectivity index (χ1) is 18.9. The molecule has 5 rings (SSSR count). The monoisotopic (exact) mass is 579 g/mol. The van der Waals surface area contributed by atoms with Gasteiger partial charge in [-0.2, -0.15) is 26.3 Å². The highest BCUT2D eigenvalue weighted by molar-refractivity contribution is 6.29. The van der Waals surface area contributed by atoms with E-state index in [0.29, 0.717) is 54.9 Å². The van der Waals surface area contributed by atoms with Crippen molar-refractivity contribution in [3.8, 4) is 0 Å². The van der Waals surface area contributed by atoms with Crippen LogP contribution in [0.15, 0.2) is 66.9 Å². The Kier molecular flexibility index (Phi) is 7.43. The molecule has 0 unspecified atom stereocenters. The molecule has 2 aliphatic rings. The first-order valence-electron chi connectivity index (χ1n) is 12.6. The lowest BCUT2D eigenvalue weighted by molar-refractivity contribution is -0.138. The fourth-order valence-electron chi connectivity index (χ4n) is 5.43. The molecule has 0 bridgehead atoms. The third-order valence-electron chi connectivity index (χ3n) is 7.59. The molecule has 1 saturated heterocycles. The van der Waals surface area contributed by atoms with Crippen LogP contribution in [0, 0.1) is 0 Å². The number of alkyl halides is 6. The first-order valence-corrected chi connectivity index (χ1v) is 12.9. The molecule has 1 aromatic heterocycles. The lowest BCUT2D eigenvalue weighted by Crippen LogP contribution is -2.46. The molecule has 4 nitrogen and oxygen atoms in total. The molecular weight excluding hydrogens is 556 g/mol. The first kappa shape index (κ1) is 28.2. The Morgan fingerprint density at radius 1 is 0.925 bits per heavy atom. The van der Waals surface area contributed by atoms with Gasteiger partial charge in [-0.3, -0.25) is 9.69 Å². The molecule has 0 aliphatic carbocycles. The predicted molar refractivity (Wildman–Crippen MR) is 140 cm³/mol. The summed E-state index contributed by atoms with van der Waals surface area (Å²) < 4.78 is 79.2. The van der Waals surface area contributed by atoms with Gasteiger partial charge in [-0.05, 0) is 79.5 Å². The molecule has 40 heavy (non-hydrogen) atoms. The van der Waals surface area contributed by atoms with E-state index < -0.39 is 28.9 Å². The molecule has 0 saturated carbocycles. The molecule has 3 heterocycles. The zero-order valence-electron chi connectivity index (χ0n) is 21.1. The highest BCUT2D eigenvalue weighted by atomic mass is 35.5. The van der Waals surface area contributed by atoms with Gasteiger partial charge in [0.15, 0.2) is 0 Å². The van der Waals surface area contributed by atoms with Crippen LogP contribution in [0.3, 0.4) is 0 Å². The minimum atomic E-state index is -4.52. The number of rotatable bonds is 4. The summed E-state index contributed by atoms with van der Waals surface area (Å²) >= 11 is 5.97. The molecule has 210 valence electrons. The van der Waals surface area contributed by atoms with Crippen molar-refractivity contribution in [3.05, 3.63) is 99.8 Å². The number of halogens is 7. The number of nitrogens with zero attached hydrogens (tertiary/aromatic N) is 3. The molecule has 0 atom stereocenters. The Morgan fingerprint density at radius 2 is 1.57 bits per heavy atom. The SMILES string of the molecule is O=C(c1ccnc(Cl)c1)N1CC2(CCN(C/C=C/c3ccc(C(F)(F)F)cc3)CC2)c2cc(C(F)(F)F)ccc21. The largest absolute Gasteiger partial charge is 0.416 e. The summed E-state index contributed by atoms with van der Waals surface area (Å²) in [6.45, 7) is 1.94. The van der Waals surface area contributed by atoms with Crippen LogP contribution in [-0.2, 0) is 17.8 Å². The Hall–Kier alpha value is -3.37. The lowest BCUT2D eigenvalue weighted by atomic mass is 9.74. The van der Waals surface area contributed by atoms with E-state index in [0.717, 1.165) is 18.2 Å². The second-order valence-corrected chi connectivity index (χ2v) is 10.5. The van der Waals surface area contributed by atoms with Crippen LogP contribution >= 0.6 is 11.6 Å². The van der Waals surface area contributed by atoms with E-state index in [-0.39, 0.29) is 17.6 Å². The molecule has 3 aromatic rings. The van der Waals surface area contributed by atoms with E-state index in [1.54, 1.807) is 6.08 Å². The molecule has 11 heteroatoms. The van der Waals surface area contributed by atoms with E-state index in [9.17, 15) is 31.1 Å². The van der Waals surface area contributed by atoms with Crippen molar-refractivity contribution < 1.29 is 31.1 Å². The summed E-state index contributed by atoms with van der Waals surface area (Å²) in [6.07, 6.45) is -2.83. The number of benzene rings is 2. The third-order valence-corrected chi connectivity index (χ3v) is 7.80.